The fourth-order valence-electron chi connectivity index (χ4n) is 1.20. The van der Waals surface area contributed by atoms with Crippen LogP contribution >= 0.6 is 11.8 Å². The molecule has 0 aliphatic rings. The molecule has 1 rings (SSSR count). The van der Waals surface area contributed by atoms with Crippen LogP contribution in [0.15, 0.2) is 23.1 Å². The van der Waals surface area contributed by atoms with E-state index in [1.54, 1.807) is 11.8 Å². The molecule has 66 valence electrons. The molecule has 1 aromatic rings. The summed E-state index contributed by atoms with van der Waals surface area (Å²) in [6.07, 6.45) is 2.10. The highest BCUT2D eigenvalue weighted by Crippen LogP contribution is 2.24. The highest BCUT2D eigenvalue weighted by molar-refractivity contribution is 7.98. The number of anilines is 1. The molecule has 0 atom stereocenters. The zero-order valence-corrected chi connectivity index (χ0v) is 8.90. The van der Waals surface area contributed by atoms with Gasteiger partial charge in [0.05, 0.1) is 0 Å². The van der Waals surface area contributed by atoms with Gasteiger partial charge in [0.15, 0.2) is 0 Å². The van der Waals surface area contributed by atoms with Crippen molar-refractivity contribution in [1.29, 1.82) is 0 Å². The number of aryl methyl sites for hydroxylation is 1. The van der Waals surface area contributed by atoms with Gasteiger partial charge in [-0.25, -0.2) is 0 Å². The molecule has 0 unspecified atom stereocenters. The van der Waals surface area contributed by atoms with Gasteiger partial charge in [-0.3, -0.25) is 0 Å². The van der Waals surface area contributed by atoms with Crippen LogP contribution in [0.5, 0.6) is 0 Å². The maximum atomic E-state index is 2.22. The summed E-state index contributed by atoms with van der Waals surface area (Å²) in [5, 5.41) is 0. The van der Waals surface area contributed by atoms with Crippen LogP contribution in [0.1, 0.15) is 5.56 Å². The Morgan fingerprint density at radius 3 is 2.42 bits per heavy atom. The summed E-state index contributed by atoms with van der Waals surface area (Å²) >= 11 is 1.78. The van der Waals surface area contributed by atoms with E-state index < -0.39 is 0 Å². The van der Waals surface area contributed by atoms with E-state index in [1.165, 1.54) is 16.1 Å². The van der Waals surface area contributed by atoms with Crippen LogP contribution in [0, 0.1) is 6.92 Å². The molecule has 0 aliphatic carbocycles. The number of nitrogens with zero attached hydrogens (tertiary/aromatic N) is 1. The van der Waals surface area contributed by atoms with Gasteiger partial charge in [0.2, 0.25) is 0 Å². The molecule has 0 fully saturated rings. The van der Waals surface area contributed by atoms with Crippen LogP contribution in [-0.2, 0) is 0 Å². The molecule has 12 heavy (non-hydrogen) atoms. The fourth-order valence-corrected chi connectivity index (χ4v) is 1.63. The average molecular weight is 181 g/mol. The standard InChI is InChI=1S/C10H15NS/c1-8-5-6-9(12-4)7-10(8)11(2)3/h5-7H,1-4H3. The van der Waals surface area contributed by atoms with Crippen LogP contribution < -0.4 is 4.90 Å². The number of benzene rings is 1. The summed E-state index contributed by atoms with van der Waals surface area (Å²) in [6.45, 7) is 2.14. The maximum absolute atomic E-state index is 2.22. The topological polar surface area (TPSA) is 3.24 Å². The zero-order valence-electron chi connectivity index (χ0n) is 8.09. The van der Waals surface area contributed by atoms with Crippen molar-refractivity contribution in [3.05, 3.63) is 23.8 Å². The first-order valence-electron chi connectivity index (χ1n) is 3.97. The minimum atomic E-state index is 1.31. The van der Waals surface area contributed by atoms with E-state index in [0.29, 0.717) is 0 Å². The van der Waals surface area contributed by atoms with Crippen LogP contribution in [0.25, 0.3) is 0 Å². The molecule has 0 aliphatic heterocycles. The van der Waals surface area contributed by atoms with Gasteiger partial charge in [0.1, 0.15) is 0 Å². The molecule has 0 aromatic heterocycles. The van der Waals surface area contributed by atoms with Crippen molar-refractivity contribution in [3.8, 4) is 0 Å². The van der Waals surface area contributed by atoms with Gasteiger partial charge in [0.25, 0.3) is 0 Å². The summed E-state index contributed by atoms with van der Waals surface area (Å²) in [6, 6.07) is 6.55. The van der Waals surface area contributed by atoms with Crippen molar-refractivity contribution in [2.75, 3.05) is 25.3 Å². The van der Waals surface area contributed by atoms with E-state index in [4.69, 9.17) is 0 Å². The minimum Gasteiger partial charge on any atom is -0.377 e. The minimum absolute atomic E-state index is 1.31. The van der Waals surface area contributed by atoms with Crippen molar-refractivity contribution >= 4 is 17.4 Å². The van der Waals surface area contributed by atoms with Crippen molar-refractivity contribution in [3.63, 3.8) is 0 Å². The van der Waals surface area contributed by atoms with Crippen molar-refractivity contribution < 1.29 is 0 Å². The van der Waals surface area contributed by atoms with Gasteiger partial charge in [-0.05, 0) is 30.9 Å². The Labute approximate surface area is 78.8 Å². The largest absolute Gasteiger partial charge is 0.377 e. The van der Waals surface area contributed by atoms with E-state index in [0.717, 1.165) is 0 Å². The van der Waals surface area contributed by atoms with Crippen LogP contribution in [-0.4, -0.2) is 20.4 Å². The third-order valence-electron chi connectivity index (χ3n) is 1.90. The molecule has 1 nitrogen and oxygen atoms in total. The Morgan fingerprint density at radius 1 is 1.25 bits per heavy atom. The SMILES string of the molecule is CSc1ccc(C)c(N(C)C)c1. The predicted octanol–water partition coefficient (Wildman–Crippen LogP) is 2.78. The second-order valence-electron chi connectivity index (χ2n) is 3.05. The molecule has 0 N–H and O–H groups in total. The van der Waals surface area contributed by atoms with Crippen molar-refractivity contribution in [2.24, 2.45) is 0 Å². The van der Waals surface area contributed by atoms with Crippen LogP contribution in [0.3, 0.4) is 0 Å². The van der Waals surface area contributed by atoms with Gasteiger partial charge >= 0.3 is 0 Å². The second kappa shape index (κ2) is 3.85. The summed E-state index contributed by atoms with van der Waals surface area (Å²) in [5.74, 6) is 0. The molecule has 0 saturated heterocycles. The number of thioether (sulfide) groups is 1. The lowest BCUT2D eigenvalue weighted by Crippen LogP contribution is -2.10. The molecular formula is C10H15NS. The van der Waals surface area contributed by atoms with Crippen molar-refractivity contribution in [1.82, 2.24) is 0 Å². The second-order valence-corrected chi connectivity index (χ2v) is 3.93. The summed E-state index contributed by atoms with van der Waals surface area (Å²) in [7, 11) is 4.15. The molecule has 0 heterocycles. The maximum Gasteiger partial charge on any atom is 0.0401 e. The first-order chi connectivity index (χ1) is 5.65. The summed E-state index contributed by atoms with van der Waals surface area (Å²) in [4.78, 5) is 3.47. The highest BCUT2D eigenvalue weighted by Gasteiger charge is 2.00. The van der Waals surface area contributed by atoms with Gasteiger partial charge in [-0.2, -0.15) is 0 Å². The Balaban J connectivity index is 3.08. The lowest BCUT2D eigenvalue weighted by atomic mass is 10.2. The Kier molecular flexibility index (Phi) is 3.04. The predicted molar refractivity (Wildman–Crippen MR) is 57.3 cm³/mol. The molecule has 0 bridgehead atoms. The van der Waals surface area contributed by atoms with Crippen molar-refractivity contribution in [2.45, 2.75) is 11.8 Å². The van der Waals surface area contributed by atoms with E-state index in [-0.39, 0.29) is 0 Å². The average Bonchev–Trinajstić information content (AvgIpc) is 2.05. The normalized spacial score (nSPS) is 10.0. The lowest BCUT2D eigenvalue weighted by molar-refractivity contribution is 1.10. The van der Waals surface area contributed by atoms with Gasteiger partial charge in [-0.1, -0.05) is 6.07 Å². The van der Waals surface area contributed by atoms with Gasteiger partial charge in [0, 0.05) is 24.7 Å². The van der Waals surface area contributed by atoms with E-state index in [2.05, 4.69) is 50.4 Å². The summed E-state index contributed by atoms with van der Waals surface area (Å²) < 4.78 is 0. The number of hydrogen-bond acceptors (Lipinski definition) is 2. The van der Waals surface area contributed by atoms with Gasteiger partial charge in [-0.15, -0.1) is 11.8 Å². The third kappa shape index (κ3) is 1.95. The Hall–Kier alpha value is -0.630. The molecule has 0 saturated carbocycles. The molecule has 0 spiro atoms. The molecule has 2 heteroatoms. The highest BCUT2D eigenvalue weighted by atomic mass is 32.2. The quantitative estimate of drug-likeness (QED) is 0.645. The third-order valence-corrected chi connectivity index (χ3v) is 2.62. The first kappa shape index (κ1) is 9.46. The Morgan fingerprint density at radius 2 is 1.92 bits per heavy atom. The summed E-state index contributed by atoms with van der Waals surface area (Å²) in [5.41, 5.74) is 2.64. The van der Waals surface area contributed by atoms with Gasteiger partial charge < -0.3 is 4.90 Å². The number of rotatable bonds is 2. The molecule has 1 aromatic carbocycles. The number of hydrogen-bond donors (Lipinski definition) is 0. The lowest BCUT2D eigenvalue weighted by Gasteiger charge is -2.16. The molecular weight excluding hydrogens is 166 g/mol. The monoisotopic (exact) mass is 181 g/mol. The van der Waals surface area contributed by atoms with Crippen LogP contribution in [0.4, 0.5) is 5.69 Å². The van der Waals surface area contributed by atoms with E-state index in [1.807, 2.05) is 0 Å². The van der Waals surface area contributed by atoms with Crippen LogP contribution in [0.2, 0.25) is 0 Å². The zero-order chi connectivity index (χ0) is 9.14. The van der Waals surface area contributed by atoms with E-state index >= 15 is 0 Å². The van der Waals surface area contributed by atoms with E-state index in [9.17, 15) is 0 Å². The fraction of sp³-hybridized carbons (Fsp3) is 0.400. The first-order valence-corrected chi connectivity index (χ1v) is 5.19. The molecule has 0 radical (unpaired) electrons. The smallest absolute Gasteiger partial charge is 0.0401 e. The molecule has 0 amide bonds. The Bertz CT molecular complexity index is 269.